The van der Waals surface area contributed by atoms with E-state index in [0.717, 1.165) is 0 Å². The molecule has 0 saturated heterocycles. The molecule has 23 heavy (non-hydrogen) atoms. The number of allylic oxidation sites excluding steroid dienone is 2. The molecular formula is C15H18NO6P. The third-order valence-corrected chi connectivity index (χ3v) is 4.11. The SMILES string of the molecule is CC(c1ccc(O)cc1)C(O)C1=C(O)C=CCC1=NP(=O)(O)O. The molecule has 1 aliphatic rings. The van der Waals surface area contributed by atoms with Crippen molar-refractivity contribution < 1.29 is 29.7 Å². The second-order valence-corrected chi connectivity index (χ2v) is 6.52. The van der Waals surface area contributed by atoms with Gasteiger partial charge in [0.25, 0.3) is 0 Å². The minimum absolute atomic E-state index is 0.00333. The quantitative estimate of drug-likeness (QED) is 0.534. The maximum atomic E-state index is 11.1. The first-order valence-electron chi connectivity index (χ1n) is 6.90. The van der Waals surface area contributed by atoms with Crippen LogP contribution in [-0.4, -0.2) is 36.9 Å². The van der Waals surface area contributed by atoms with E-state index >= 15 is 0 Å². The molecule has 0 radical (unpaired) electrons. The van der Waals surface area contributed by atoms with E-state index in [9.17, 15) is 19.9 Å². The molecule has 8 heteroatoms. The van der Waals surface area contributed by atoms with Crippen molar-refractivity contribution in [2.45, 2.75) is 25.4 Å². The van der Waals surface area contributed by atoms with E-state index in [0.29, 0.717) is 5.56 Å². The van der Waals surface area contributed by atoms with Crippen LogP contribution in [0.15, 0.2) is 52.5 Å². The Bertz CT molecular complexity index is 716. The first-order chi connectivity index (χ1) is 10.7. The summed E-state index contributed by atoms with van der Waals surface area (Å²) in [7, 11) is -4.68. The summed E-state index contributed by atoms with van der Waals surface area (Å²) in [4.78, 5) is 18.1. The van der Waals surface area contributed by atoms with E-state index in [1.165, 1.54) is 24.3 Å². The van der Waals surface area contributed by atoms with Gasteiger partial charge in [0, 0.05) is 17.9 Å². The Hall–Kier alpha value is -1.92. The Morgan fingerprint density at radius 2 is 1.78 bits per heavy atom. The van der Waals surface area contributed by atoms with Crippen LogP contribution >= 0.6 is 7.75 Å². The number of phenolic OH excluding ortho intramolecular Hbond substituents is 1. The van der Waals surface area contributed by atoms with Gasteiger partial charge in [0.2, 0.25) is 0 Å². The van der Waals surface area contributed by atoms with Gasteiger partial charge in [0.1, 0.15) is 11.5 Å². The van der Waals surface area contributed by atoms with Gasteiger partial charge in [-0.15, -0.1) is 0 Å². The van der Waals surface area contributed by atoms with Gasteiger partial charge >= 0.3 is 7.75 Å². The molecule has 0 amide bonds. The van der Waals surface area contributed by atoms with E-state index in [4.69, 9.17) is 9.79 Å². The Morgan fingerprint density at radius 3 is 2.35 bits per heavy atom. The van der Waals surface area contributed by atoms with E-state index in [2.05, 4.69) is 4.76 Å². The Balaban J connectivity index is 2.39. The number of aromatic hydroxyl groups is 1. The first-order valence-corrected chi connectivity index (χ1v) is 8.47. The van der Waals surface area contributed by atoms with Gasteiger partial charge in [-0.05, 0) is 23.8 Å². The van der Waals surface area contributed by atoms with E-state index < -0.39 is 19.8 Å². The van der Waals surface area contributed by atoms with Crippen LogP contribution in [0.4, 0.5) is 0 Å². The predicted octanol–water partition coefficient (Wildman–Crippen LogP) is 2.16. The summed E-state index contributed by atoms with van der Waals surface area (Å²) in [6.07, 6.45) is 1.76. The maximum absolute atomic E-state index is 11.1. The van der Waals surface area contributed by atoms with E-state index in [1.54, 1.807) is 19.1 Å². The zero-order valence-electron chi connectivity index (χ0n) is 12.4. The minimum Gasteiger partial charge on any atom is -0.508 e. The predicted molar refractivity (Wildman–Crippen MR) is 85.4 cm³/mol. The van der Waals surface area contributed by atoms with E-state index in [1.807, 2.05) is 0 Å². The molecule has 0 aromatic heterocycles. The fourth-order valence-corrected chi connectivity index (χ4v) is 2.92. The van der Waals surface area contributed by atoms with Crippen LogP contribution in [0.5, 0.6) is 5.75 Å². The molecule has 1 aromatic carbocycles. The summed E-state index contributed by atoms with van der Waals surface area (Å²) in [5.74, 6) is -0.676. The van der Waals surface area contributed by atoms with Gasteiger partial charge in [0.05, 0.1) is 11.8 Å². The van der Waals surface area contributed by atoms with Crippen molar-refractivity contribution in [2.75, 3.05) is 0 Å². The smallest absolute Gasteiger partial charge is 0.448 e. The fourth-order valence-electron chi connectivity index (χ4n) is 2.41. The number of aliphatic hydroxyl groups excluding tert-OH is 2. The van der Waals surface area contributed by atoms with Gasteiger partial charge in [-0.25, -0.2) is 4.57 Å². The first kappa shape index (κ1) is 17.4. The normalized spacial score (nSPS) is 19.9. The lowest BCUT2D eigenvalue weighted by atomic mass is 9.85. The highest BCUT2D eigenvalue weighted by Gasteiger charge is 2.29. The molecule has 2 unspecified atom stereocenters. The number of hydrogen-bond acceptors (Lipinski definition) is 4. The number of rotatable bonds is 4. The summed E-state index contributed by atoms with van der Waals surface area (Å²) in [6, 6.07) is 6.19. The topological polar surface area (TPSA) is 131 Å². The summed E-state index contributed by atoms with van der Waals surface area (Å²) in [5.41, 5.74) is 0.647. The molecule has 2 atom stereocenters. The number of nitrogens with zero attached hydrogens (tertiary/aromatic N) is 1. The molecule has 0 fully saturated rings. The Kier molecular flexibility index (Phi) is 5.06. The number of benzene rings is 1. The van der Waals surface area contributed by atoms with Gasteiger partial charge in [-0.1, -0.05) is 25.1 Å². The van der Waals surface area contributed by atoms with Crippen LogP contribution in [-0.2, 0) is 4.57 Å². The van der Waals surface area contributed by atoms with Crippen molar-refractivity contribution in [1.29, 1.82) is 0 Å². The average Bonchev–Trinajstić information content (AvgIpc) is 2.45. The summed E-state index contributed by atoms with van der Waals surface area (Å²) >= 11 is 0. The molecule has 0 saturated carbocycles. The molecule has 0 spiro atoms. The molecular weight excluding hydrogens is 321 g/mol. The molecule has 0 bridgehead atoms. The number of hydrogen-bond donors (Lipinski definition) is 5. The molecule has 7 nitrogen and oxygen atoms in total. The maximum Gasteiger partial charge on any atom is 0.448 e. The van der Waals surface area contributed by atoms with Crippen molar-refractivity contribution >= 4 is 13.5 Å². The fraction of sp³-hybridized carbons (Fsp3) is 0.267. The van der Waals surface area contributed by atoms with Gasteiger partial charge < -0.3 is 25.1 Å². The van der Waals surface area contributed by atoms with Gasteiger partial charge in [-0.2, -0.15) is 4.76 Å². The standard InChI is InChI=1S/C15H18NO6P/c1-9(10-5-7-11(17)8-6-10)15(19)14-12(16-23(20,21)22)3-2-4-13(14)18/h2,4-9,15,17-19H,3H2,1H3,(H2,20,21,22). The van der Waals surface area contributed by atoms with Crippen molar-refractivity contribution in [3.05, 3.63) is 53.3 Å². The Labute approximate surface area is 133 Å². The van der Waals surface area contributed by atoms with Crippen LogP contribution in [0.25, 0.3) is 0 Å². The summed E-state index contributed by atoms with van der Waals surface area (Å²) < 4.78 is 14.4. The van der Waals surface area contributed by atoms with Crippen LogP contribution < -0.4 is 0 Å². The lowest BCUT2D eigenvalue weighted by Gasteiger charge is -2.25. The van der Waals surface area contributed by atoms with Crippen LogP contribution in [0.1, 0.15) is 24.8 Å². The van der Waals surface area contributed by atoms with E-state index in [-0.39, 0.29) is 29.2 Å². The second-order valence-electron chi connectivity index (χ2n) is 5.29. The lowest BCUT2D eigenvalue weighted by Crippen LogP contribution is -2.26. The minimum atomic E-state index is -4.68. The third kappa shape index (κ3) is 4.30. The third-order valence-electron chi connectivity index (χ3n) is 3.61. The van der Waals surface area contributed by atoms with Crippen LogP contribution in [0, 0.1) is 0 Å². The lowest BCUT2D eigenvalue weighted by molar-refractivity contribution is 0.185. The highest BCUT2D eigenvalue weighted by Crippen LogP contribution is 2.39. The molecule has 124 valence electrons. The summed E-state index contributed by atoms with van der Waals surface area (Å²) in [5, 5.41) is 29.9. The Morgan fingerprint density at radius 1 is 1.17 bits per heavy atom. The zero-order chi connectivity index (χ0) is 17.2. The van der Waals surface area contributed by atoms with Crippen LogP contribution in [0.2, 0.25) is 0 Å². The molecule has 0 aliphatic heterocycles. The van der Waals surface area contributed by atoms with Crippen molar-refractivity contribution in [3.63, 3.8) is 0 Å². The molecule has 1 aromatic rings. The average molecular weight is 339 g/mol. The second kappa shape index (κ2) is 6.68. The van der Waals surface area contributed by atoms with Gasteiger partial charge in [-0.3, -0.25) is 0 Å². The van der Waals surface area contributed by atoms with Crippen molar-refractivity contribution in [2.24, 2.45) is 4.76 Å². The number of aliphatic hydroxyl groups is 2. The number of phenols is 1. The van der Waals surface area contributed by atoms with Crippen molar-refractivity contribution in [1.82, 2.24) is 0 Å². The molecule has 5 N–H and O–H groups in total. The molecule has 2 rings (SSSR count). The summed E-state index contributed by atoms with van der Waals surface area (Å²) in [6.45, 7) is 1.70. The highest BCUT2D eigenvalue weighted by atomic mass is 31.2. The van der Waals surface area contributed by atoms with Crippen LogP contribution in [0.3, 0.4) is 0 Å². The zero-order valence-corrected chi connectivity index (χ0v) is 13.3. The molecule has 1 aliphatic carbocycles. The highest BCUT2D eigenvalue weighted by molar-refractivity contribution is 7.50. The largest absolute Gasteiger partial charge is 0.508 e. The monoisotopic (exact) mass is 339 g/mol. The van der Waals surface area contributed by atoms with Crippen molar-refractivity contribution in [3.8, 4) is 5.75 Å². The molecule has 0 heterocycles. The van der Waals surface area contributed by atoms with Gasteiger partial charge in [0.15, 0.2) is 0 Å².